The molecule has 79 heavy (non-hydrogen) atoms. The fraction of sp³-hybridized carbons (Fsp3) is 0.444. The van der Waals surface area contributed by atoms with Crippen LogP contribution in [0.25, 0.3) is 10.9 Å². The zero-order chi connectivity index (χ0) is 58.2. The van der Waals surface area contributed by atoms with Crippen LogP contribution >= 0.6 is 0 Å². The van der Waals surface area contributed by atoms with E-state index in [9.17, 15) is 58.2 Å². The molecule has 0 fully saturated rings. The molecule has 0 radical (unpaired) electrons. The lowest BCUT2D eigenvalue weighted by molar-refractivity contribution is -0.137. The molecule has 0 unspecified atom stereocenters. The molecule has 0 saturated heterocycles. The Hall–Kier alpha value is -8.26. The van der Waals surface area contributed by atoms with Crippen LogP contribution in [0.2, 0.25) is 0 Å². The van der Waals surface area contributed by atoms with Crippen LogP contribution in [-0.4, -0.2) is 148 Å². The molecule has 3 aromatic carbocycles. The molecular weight excluding hydrogens is 1020 g/mol. The summed E-state index contributed by atoms with van der Waals surface area (Å²) in [6.07, 6.45) is 0.307. The van der Waals surface area contributed by atoms with Crippen molar-refractivity contribution in [2.75, 3.05) is 19.7 Å². The minimum Gasteiger partial charge on any atom is -0.394 e. The second kappa shape index (κ2) is 31.8. The first-order valence-electron chi connectivity index (χ1n) is 26.0. The van der Waals surface area contributed by atoms with Gasteiger partial charge in [0.2, 0.25) is 59.1 Å². The molecule has 19 N–H and O–H groups in total. The van der Waals surface area contributed by atoms with Gasteiger partial charge in [0, 0.05) is 36.4 Å². The number of aliphatic hydroxyl groups excluding tert-OH is 2. The van der Waals surface area contributed by atoms with Gasteiger partial charge in [0.15, 0.2) is 0 Å². The second-order valence-electron chi connectivity index (χ2n) is 19.3. The number of unbranched alkanes of at least 4 members (excludes halogenated alkanes) is 1. The highest BCUT2D eigenvalue weighted by molar-refractivity contribution is 5.99. The molecule has 1 heterocycles. The summed E-state index contributed by atoms with van der Waals surface area (Å²) in [7, 11) is 0. The minimum atomic E-state index is -1.76. The number of benzene rings is 3. The predicted octanol–water partition coefficient (Wildman–Crippen LogP) is -3.06. The van der Waals surface area contributed by atoms with Crippen LogP contribution in [0, 0.1) is 5.92 Å². The first-order valence-corrected chi connectivity index (χ1v) is 26.0. The third-order valence-electron chi connectivity index (χ3n) is 13.0. The molecule has 428 valence electrons. The number of aromatic amines is 1. The Bertz CT molecular complexity index is 2710. The number of H-pyrrole nitrogens is 1. The molecule has 10 atom stereocenters. The van der Waals surface area contributed by atoms with E-state index in [-0.39, 0.29) is 32.2 Å². The topological polar surface area (TPSA) is 427 Å². The maximum atomic E-state index is 14.5. The van der Waals surface area contributed by atoms with Gasteiger partial charge in [-0.25, -0.2) is 0 Å². The Morgan fingerprint density at radius 1 is 0.582 bits per heavy atom. The van der Waals surface area contributed by atoms with E-state index in [1.54, 1.807) is 105 Å². The Morgan fingerprint density at radius 3 is 1.63 bits per heavy atom. The average Bonchev–Trinajstić information content (AvgIpc) is 3.85. The maximum absolute atomic E-state index is 14.5. The van der Waals surface area contributed by atoms with Gasteiger partial charge in [0.1, 0.15) is 42.3 Å². The zero-order valence-corrected chi connectivity index (χ0v) is 44.5. The van der Waals surface area contributed by atoms with E-state index in [2.05, 4.69) is 47.5 Å². The van der Waals surface area contributed by atoms with Crippen molar-refractivity contribution < 1.29 is 58.2 Å². The van der Waals surface area contributed by atoms with Crippen LogP contribution in [0.15, 0.2) is 91.1 Å². The van der Waals surface area contributed by atoms with E-state index in [0.29, 0.717) is 46.9 Å². The van der Waals surface area contributed by atoms with Gasteiger partial charge in [-0.2, -0.15) is 0 Å². The summed E-state index contributed by atoms with van der Waals surface area (Å²) in [6, 6.07) is 12.9. The number of hydrogen-bond acceptors (Lipinski definition) is 14. The summed E-state index contributed by atoms with van der Waals surface area (Å²) >= 11 is 0. The molecule has 25 heteroatoms. The van der Waals surface area contributed by atoms with Crippen molar-refractivity contribution in [2.24, 2.45) is 28.9 Å². The lowest BCUT2D eigenvalue weighted by Crippen LogP contribution is -2.62. The van der Waals surface area contributed by atoms with Crippen LogP contribution in [0.4, 0.5) is 0 Å². The number of carbonyl (C=O) groups excluding carboxylic acids is 10. The molecule has 0 aliphatic carbocycles. The van der Waals surface area contributed by atoms with Crippen molar-refractivity contribution >= 4 is 70.0 Å². The van der Waals surface area contributed by atoms with E-state index >= 15 is 0 Å². The van der Waals surface area contributed by atoms with Crippen LogP contribution in [-0.2, 0) is 67.2 Å². The number of para-hydroxylation sites is 1. The third kappa shape index (κ3) is 20.2. The average molecular weight is 1100 g/mol. The van der Waals surface area contributed by atoms with Crippen molar-refractivity contribution in [3.8, 4) is 0 Å². The lowest BCUT2D eigenvalue weighted by atomic mass is 9.96. The number of nitrogens with one attached hydrogen (secondary N) is 9. The number of aromatic nitrogens is 1. The molecule has 4 rings (SSSR count). The van der Waals surface area contributed by atoms with Crippen LogP contribution in [0.3, 0.4) is 0 Å². The van der Waals surface area contributed by atoms with Crippen LogP contribution in [0.1, 0.15) is 69.6 Å². The fourth-order valence-corrected chi connectivity index (χ4v) is 8.35. The van der Waals surface area contributed by atoms with E-state index < -0.39 is 139 Å². The number of fused-ring (bicyclic) bond motifs is 1. The largest absolute Gasteiger partial charge is 0.394 e. The molecule has 25 nitrogen and oxygen atoms in total. The summed E-state index contributed by atoms with van der Waals surface area (Å²) in [5, 5.41) is 42.0. The van der Waals surface area contributed by atoms with Gasteiger partial charge in [0.25, 0.3) is 0 Å². The summed E-state index contributed by atoms with van der Waals surface area (Å²) in [5.41, 5.74) is 24.5. The summed E-state index contributed by atoms with van der Waals surface area (Å²) in [6.45, 7) is 3.45. The van der Waals surface area contributed by atoms with Gasteiger partial charge < -0.3 is 80.7 Å². The lowest BCUT2D eigenvalue weighted by Gasteiger charge is -2.29. The monoisotopic (exact) mass is 1100 g/mol. The van der Waals surface area contributed by atoms with Gasteiger partial charge in [0.05, 0.1) is 31.7 Å². The maximum Gasteiger partial charge on any atom is 0.245 e. The van der Waals surface area contributed by atoms with Gasteiger partial charge >= 0.3 is 0 Å². The van der Waals surface area contributed by atoms with Crippen molar-refractivity contribution in [1.82, 2.24) is 47.5 Å². The van der Waals surface area contributed by atoms with Gasteiger partial charge in [-0.05, 0) is 61.4 Å². The highest BCUT2D eigenvalue weighted by Gasteiger charge is 2.37. The van der Waals surface area contributed by atoms with E-state index in [1.807, 2.05) is 0 Å². The van der Waals surface area contributed by atoms with E-state index in [4.69, 9.17) is 22.9 Å². The molecule has 10 amide bonds. The van der Waals surface area contributed by atoms with E-state index in [1.165, 1.54) is 6.92 Å². The Morgan fingerprint density at radius 2 is 1.08 bits per heavy atom. The van der Waals surface area contributed by atoms with Crippen molar-refractivity contribution in [3.63, 3.8) is 0 Å². The highest BCUT2D eigenvalue weighted by atomic mass is 16.3. The number of aliphatic hydroxyl groups is 2. The van der Waals surface area contributed by atoms with Gasteiger partial charge in [-0.1, -0.05) is 99.1 Å². The van der Waals surface area contributed by atoms with Gasteiger partial charge in [-0.15, -0.1) is 0 Å². The van der Waals surface area contributed by atoms with Crippen molar-refractivity contribution in [2.45, 2.75) is 127 Å². The molecule has 0 saturated carbocycles. The summed E-state index contributed by atoms with van der Waals surface area (Å²) in [5.74, 6) is -9.34. The highest BCUT2D eigenvalue weighted by Crippen LogP contribution is 2.20. The van der Waals surface area contributed by atoms with Crippen molar-refractivity contribution in [3.05, 3.63) is 108 Å². The van der Waals surface area contributed by atoms with Crippen molar-refractivity contribution in [1.29, 1.82) is 0 Å². The normalized spacial score (nSPS) is 14.9. The Balaban J connectivity index is 1.63. The number of primary amides is 2. The standard InChI is InChI=1S/C54H75N13O12/c1-4-30(2)45(53(78)65-42(29-68)47(58)72)66-52(77)41(25-34-27-59-37-20-12-11-19-35(34)37)64-54(79)46(31(3)69)67-51(76)40(24-33-17-9-6-10-18-33)63-49(74)38(21-13-14-22-55)62-50(75)39(23-32-15-7-5-8-16-32)61-44(71)28-60-48(73)36(56)26-43(57)70/h5-12,15-20,27,30-31,36,38-42,45-46,59,68-69H,4,13-14,21-26,28-29,55-56H2,1-3H3,(H2,57,70)(H2,58,72)(H,60,73)(H,61,71)(H,62,75)(H,63,74)(H,64,79)(H,65,78)(H,66,77)(H,67,76)/t30-,31+,36-,38-,39-,40-,41-,42-,45-,46-/m0/s1. The number of hydrogen-bond donors (Lipinski definition) is 15. The minimum absolute atomic E-state index is 0.0135. The smallest absolute Gasteiger partial charge is 0.245 e. The first kappa shape index (κ1) is 63.3. The molecule has 0 aliphatic heterocycles. The summed E-state index contributed by atoms with van der Waals surface area (Å²) in [4.78, 5) is 138. The first-order chi connectivity index (χ1) is 37.6. The molecule has 0 bridgehead atoms. The predicted molar refractivity (Wildman–Crippen MR) is 291 cm³/mol. The molecule has 0 aliphatic rings. The number of carbonyl (C=O) groups is 10. The third-order valence-corrected chi connectivity index (χ3v) is 13.0. The quantitative estimate of drug-likeness (QED) is 0.0211. The Labute approximate surface area is 457 Å². The number of nitrogens with two attached hydrogens (primary N) is 4. The van der Waals surface area contributed by atoms with Gasteiger partial charge in [-0.3, -0.25) is 47.9 Å². The molecule has 0 spiro atoms. The molecular formula is C54H75N13O12. The number of rotatable bonds is 33. The molecule has 4 aromatic rings. The van der Waals surface area contributed by atoms with Crippen LogP contribution < -0.4 is 65.5 Å². The SMILES string of the molecule is CC[C@H](C)[C@H](NC(=O)[C@H](Cc1c[nH]c2ccccc12)NC(=O)[C@@H](NC(=O)[C@H](Cc1ccccc1)NC(=O)[C@H](CCCCN)NC(=O)[C@H](Cc1ccccc1)NC(=O)CNC(=O)[C@@H](N)CC(N)=O)[C@@H](C)O)C(=O)N[C@@H](CO)C(N)=O. The molecule has 1 aromatic heterocycles. The Kier molecular flexibility index (Phi) is 25.5. The second-order valence-corrected chi connectivity index (χ2v) is 19.3. The van der Waals surface area contributed by atoms with Crippen LogP contribution in [0.5, 0.6) is 0 Å². The number of amides is 10. The zero-order valence-electron chi connectivity index (χ0n) is 44.5. The summed E-state index contributed by atoms with van der Waals surface area (Å²) < 4.78 is 0. The fourth-order valence-electron chi connectivity index (χ4n) is 8.35. The van der Waals surface area contributed by atoms with E-state index in [0.717, 1.165) is 0 Å².